The van der Waals surface area contributed by atoms with E-state index in [-0.39, 0.29) is 33.7 Å². The van der Waals surface area contributed by atoms with Crippen molar-refractivity contribution in [1.82, 2.24) is 20.4 Å². The molecule has 2 heterocycles. The van der Waals surface area contributed by atoms with E-state index in [2.05, 4.69) is 20.4 Å². The van der Waals surface area contributed by atoms with E-state index in [1.165, 1.54) is 5.38 Å². The number of thiazole rings is 1. The highest BCUT2D eigenvalue weighted by atomic mass is 32.1. The third-order valence-electron chi connectivity index (χ3n) is 3.24. The normalized spacial score (nSPS) is 12.2. The number of alkyl halides is 6. The molecule has 0 aliphatic carbocycles. The van der Waals surface area contributed by atoms with Crippen molar-refractivity contribution in [3.63, 3.8) is 0 Å². The number of nitrogens with one attached hydrogen (secondary N) is 1. The minimum Gasteiger partial charge on any atom is -0.234 e. The largest absolute Gasteiger partial charge is 0.416 e. The van der Waals surface area contributed by atoms with Gasteiger partial charge in [0, 0.05) is 10.9 Å². The number of nitriles is 1. The van der Waals surface area contributed by atoms with Gasteiger partial charge in [-0.3, -0.25) is 0 Å². The SMILES string of the molecule is N#Cc1n[nH]nc1-c1csc(-c2cc(C(F)(F)F)cc(C(F)(F)F)c2)n1. The van der Waals surface area contributed by atoms with Crippen LogP contribution < -0.4 is 0 Å². The molecule has 0 radical (unpaired) electrons. The topological polar surface area (TPSA) is 78.2 Å². The predicted molar refractivity (Wildman–Crippen MR) is 77.6 cm³/mol. The second-order valence-corrected chi connectivity index (χ2v) is 5.82. The van der Waals surface area contributed by atoms with Gasteiger partial charge >= 0.3 is 12.4 Å². The zero-order chi connectivity index (χ0) is 19.1. The summed E-state index contributed by atoms with van der Waals surface area (Å²) in [6, 6.07) is 2.97. The van der Waals surface area contributed by atoms with E-state index in [4.69, 9.17) is 5.26 Å². The number of aromatic nitrogens is 4. The maximum absolute atomic E-state index is 12.9. The molecule has 0 amide bonds. The quantitative estimate of drug-likeness (QED) is 0.655. The number of H-pyrrole nitrogens is 1. The van der Waals surface area contributed by atoms with Gasteiger partial charge in [-0.25, -0.2) is 4.98 Å². The average molecular weight is 389 g/mol. The van der Waals surface area contributed by atoms with Crippen LogP contribution >= 0.6 is 11.3 Å². The Hall–Kier alpha value is -2.94. The summed E-state index contributed by atoms with van der Waals surface area (Å²) >= 11 is 0.822. The zero-order valence-electron chi connectivity index (χ0n) is 12.3. The van der Waals surface area contributed by atoms with Crippen LogP contribution in [-0.4, -0.2) is 20.4 Å². The lowest BCUT2D eigenvalue weighted by molar-refractivity contribution is -0.143. The van der Waals surface area contributed by atoms with Crippen molar-refractivity contribution in [2.45, 2.75) is 12.4 Å². The summed E-state index contributed by atoms with van der Waals surface area (Å²) in [6.07, 6.45) is -9.90. The first-order valence-electron chi connectivity index (χ1n) is 6.66. The van der Waals surface area contributed by atoms with E-state index < -0.39 is 23.5 Å². The van der Waals surface area contributed by atoms with Gasteiger partial charge in [0.15, 0.2) is 5.69 Å². The van der Waals surface area contributed by atoms with Crippen molar-refractivity contribution in [2.24, 2.45) is 0 Å². The molecule has 0 aliphatic heterocycles. The molecule has 0 atom stereocenters. The Kier molecular flexibility index (Phi) is 4.19. The fraction of sp³-hybridized carbons (Fsp3) is 0.143. The van der Waals surface area contributed by atoms with Crippen molar-refractivity contribution in [3.8, 4) is 28.0 Å². The number of rotatable bonds is 2. The van der Waals surface area contributed by atoms with E-state index in [1.807, 2.05) is 0 Å². The van der Waals surface area contributed by atoms with E-state index in [0.717, 1.165) is 11.3 Å². The third-order valence-corrected chi connectivity index (χ3v) is 4.13. The van der Waals surface area contributed by atoms with Gasteiger partial charge in [-0.1, -0.05) is 0 Å². The number of nitrogens with zero attached hydrogens (tertiary/aromatic N) is 4. The van der Waals surface area contributed by atoms with Crippen LogP contribution in [0.3, 0.4) is 0 Å². The van der Waals surface area contributed by atoms with Crippen molar-refractivity contribution in [3.05, 3.63) is 40.4 Å². The van der Waals surface area contributed by atoms with Gasteiger partial charge < -0.3 is 0 Å². The highest BCUT2D eigenvalue weighted by Crippen LogP contribution is 2.39. The lowest BCUT2D eigenvalue weighted by atomic mass is 10.1. The first-order valence-corrected chi connectivity index (χ1v) is 7.54. The molecule has 134 valence electrons. The second kappa shape index (κ2) is 6.10. The molecule has 3 aromatic rings. The van der Waals surface area contributed by atoms with Gasteiger partial charge in [-0.15, -0.1) is 16.4 Å². The predicted octanol–water partition coefficient (Wildman–Crippen LogP) is 4.50. The van der Waals surface area contributed by atoms with Crippen LogP contribution in [-0.2, 0) is 12.4 Å². The lowest BCUT2D eigenvalue weighted by Crippen LogP contribution is -2.11. The molecular formula is C14H5F6N5S. The maximum atomic E-state index is 12.9. The number of halogens is 6. The van der Waals surface area contributed by atoms with Crippen LogP contribution in [0, 0.1) is 11.3 Å². The monoisotopic (exact) mass is 389 g/mol. The standard InChI is InChI=1S/C14H5F6N5S/c15-13(16,17)7-1-6(2-8(3-7)14(18,19)20)12-22-10(5-26-12)11-9(4-21)23-25-24-11/h1-3,5H,(H,23,24,25). The highest BCUT2D eigenvalue weighted by Gasteiger charge is 2.37. The Labute approximate surface area is 144 Å². The molecule has 0 unspecified atom stereocenters. The summed E-state index contributed by atoms with van der Waals surface area (Å²) in [6.45, 7) is 0. The van der Waals surface area contributed by atoms with Gasteiger partial charge in [0.1, 0.15) is 22.5 Å². The van der Waals surface area contributed by atoms with Gasteiger partial charge in [0.25, 0.3) is 0 Å². The molecule has 0 saturated heterocycles. The third kappa shape index (κ3) is 3.38. The smallest absolute Gasteiger partial charge is 0.234 e. The number of hydrogen-bond acceptors (Lipinski definition) is 5. The van der Waals surface area contributed by atoms with Gasteiger partial charge in [-0.05, 0) is 18.2 Å². The van der Waals surface area contributed by atoms with Crippen LogP contribution in [0.1, 0.15) is 16.8 Å². The van der Waals surface area contributed by atoms with Gasteiger partial charge in [0.2, 0.25) is 0 Å². The lowest BCUT2D eigenvalue weighted by Gasteiger charge is -2.13. The van der Waals surface area contributed by atoms with E-state index >= 15 is 0 Å². The van der Waals surface area contributed by atoms with E-state index in [9.17, 15) is 26.3 Å². The van der Waals surface area contributed by atoms with Crippen molar-refractivity contribution in [2.75, 3.05) is 0 Å². The molecule has 0 fully saturated rings. The Balaban J connectivity index is 2.11. The Morgan fingerprint density at radius 2 is 1.58 bits per heavy atom. The molecule has 5 nitrogen and oxygen atoms in total. The summed E-state index contributed by atoms with van der Waals surface area (Å²) in [4.78, 5) is 3.99. The van der Waals surface area contributed by atoms with Crippen LogP contribution in [0.4, 0.5) is 26.3 Å². The van der Waals surface area contributed by atoms with Crippen molar-refractivity contribution in [1.29, 1.82) is 5.26 Å². The number of benzene rings is 1. The molecule has 0 bridgehead atoms. The maximum Gasteiger partial charge on any atom is 0.416 e. The molecule has 1 aromatic carbocycles. The minimum atomic E-state index is -4.95. The molecule has 0 spiro atoms. The molecule has 1 N–H and O–H groups in total. The minimum absolute atomic E-state index is 0.0451. The average Bonchev–Trinajstić information content (AvgIpc) is 3.21. The van der Waals surface area contributed by atoms with Crippen LogP contribution in [0.15, 0.2) is 23.6 Å². The number of hydrogen-bond donors (Lipinski definition) is 1. The van der Waals surface area contributed by atoms with E-state index in [0.29, 0.717) is 12.1 Å². The van der Waals surface area contributed by atoms with Crippen LogP contribution in [0.5, 0.6) is 0 Å². The molecule has 26 heavy (non-hydrogen) atoms. The Bertz CT molecular complexity index is 962. The summed E-state index contributed by atoms with van der Waals surface area (Å²) < 4.78 is 77.6. The van der Waals surface area contributed by atoms with Crippen LogP contribution in [0.2, 0.25) is 0 Å². The molecule has 12 heteroatoms. The first-order chi connectivity index (χ1) is 12.1. The number of aromatic amines is 1. The molecular weight excluding hydrogens is 384 g/mol. The fourth-order valence-corrected chi connectivity index (χ4v) is 2.87. The molecule has 0 saturated carbocycles. The first kappa shape index (κ1) is 17.9. The van der Waals surface area contributed by atoms with Gasteiger partial charge in [0.05, 0.1) is 11.1 Å². The zero-order valence-corrected chi connectivity index (χ0v) is 13.1. The summed E-state index contributed by atoms with van der Waals surface area (Å²) in [5.41, 5.74) is -3.14. The van der Waals surface area contributed by atoms with Gasteiger partial charge in [-0.2, -0.15) is 41.9 Å². The Morgan fingerprint density at radius 1 is 0.962 bits per heavy atom. The van der Waals surface area contributed by atoms with Crippen molar-refractivity contribution >= 4 is 11.3 Å². The molecule has 3 rings (SSSR count). The molecule has 2 aromatic heterocycles. The Morgan fingerprint density at radius 3 is 2.12 bits per heavy atom. The summed E-state index contributed by atoms with van der Waals surface area (Å²) in [7, 11) is 0. The second-order valence-electron chi connectivity index (χ2n) is 4.97. The molecule has 0 aliphatic rings. The summed E-state index contributed by atoms with van der Waals surface area (Å²) in [5, 5.41) is 19.6. The fourth-order valence-electron chi connectivity index (χ4n) is 2.08. The van der Waals surface area contributed by atoms with Crippen LogP contribution in [0.25, 0.3) is 22.0 Å². The van der Waals surface area contributed by atoms with E-state index in [1.54, 1.807) is 6.07 Å². The summed E-state index contributed by atoms with van der Waals surface area (Å²) in [5.74, 6) is 0. The van der Waals surface area contributed by atoms with Crippen molar-refractivity contribution < 1.29 is 26.3 Å². The highest BCUT2D eigenvalue weighted by molar-refractivity contribution is 7.13.